The first-order valence-corrected chi connectivity index (χ1v) is 24.9. The molecule has 0 amide bonds. The molecule has 0 N–H and O–H groups in total. The minimum absolute atomic E-state index is 0.0638. The van der Waals surface area contributed by atoms with Gasteiger partial charge in [-0.05, 0) is 25.2 Å². The zero-order chi connectivity index (χ0) is 41.0. The first-order chi connectivity index (χ1) is 27.4. The van der Waals surface area contributed by atoms with Crippen molar-refractivity contribution in [1.29, 1.82) is 0 Å². The summed E-state index contributed by atoms with van der Waals surface area (Å²) in [5, 5.41) is 0. The molecular weight excluding hydrogens is 697 g/mol. The molecule has 0 aliphatic heterocycles. The summed E-state index contributed by atoms with van der Waals surface area (Å²) in [6.45, 7) is 9.00. The number of hydrogen-bond donors (Lipinski definition) is 0. The van der Waals surface area contributed by atoms with Crippen molar-refractivity contribution >= 4 is 17.9 Å². The van der Waals surface area contributed by atoms with Crippen molar-refractivity contribution in [3.05, 3.63) is 0 Å². The second kappa shape index (κ2) is 44.5. The van der Waals surface area contributed by atoms with Crippen molar-refractivity contribution in [2.45, 2.75) is 284 Å². The minimum atomic E-state index is -0.759. The molecule has 0 radical (unpaired) electrons. The maximum Gasteiger partial charge on any atom is 0.306 e. The molecule has 0 aliphatic carbocycles. The Morgan fingerprint density at radius 3 is 0.929 bits per heavy atom. The molecule has 0 bridgehead atoms. The molecular formula is C50H96O6. The van der Waals surface area contributed by atoms with Crippen LogP contribution < -0.4 is 0 Å². The molecule has 332 valence electrons. The lowest BCUT2D eigenvalue weighted by Gasteiger charge is -2.18. The molecule has 0 aromatic heterocycles. The summed E-state index contributed by atoms with van der Waals surface area (Å²) in [5.41, 5.74) is 0. The van der Waals surface area contributed by atoms with Crippen LogP contribution in [-0.2, 0) is 28.6 Å². The van der Waals surface area contributed by atoms with Crippen molar-refractivity contribution in [2.24, 2.45) is 5.92 Å². The van der Waals surface area contributed by atoms with Gasteiger partial charge in [-0.15, -0.1) is 0 Å². The fourth-order valence-electron chi connectivity index (χ4n) is 7.48. The number of rotatable bonds is 45. The van der Waals surface area contributed by atoms with Gasteiger partial charge in [0.1, 0.15) is 13.2 Å². The Morgan fingerprint density at radius 1 is 0.357 bits per heavy atom. The topological polar surface area (TPSA) is 78.9 Å². The molecule has 0 heterocycles. The molecule has 0 aliphatic rings. The molecule has 0 aromatic rings. The molecule has 6 nitrogen and oxygen atoms in total. The van der Waals surface area contributed by atoms with Crippen LogP contribution in [0.25, 0.3) is 0 Å². The Morgan fingerprint density at radius 2 is 0.625 bits per heavy atom. The van der Waals surface area contributed by atoms with Crippen molar-refractivity contribution in [1.82, 2.24) is 0 Å². The van der Waals surface area contributed by atoms with Gasteiger partial charge in [0.2, 0.25) is 0 Å². The number of carbonyl (C=O) groups is 3. The summed E-state index contributed by atoms with van der Waals surface area (Å²) in [4.78, 5) is 37.7. The van der Waals surface area contributed by atoms with Crippen LogP contribution in [0.4, 0.5) is 0 Å². The van der Waals surface area contributed by atoms with Gasteiger partial charge >= 0.3 is 17.9 Å². The van der Waals surface area contributed by atoms with Gasteiger partial charge in [-0.25, -0.2) is 0 Å². The van der Waals surface area contributed by atoms with E-state index in [1.807, 2.05) is 0 Å². The summed E-state index contributed by atoms with van der Waals surface area (Å²) in [5.74, 6) is 0.0152. The quantitative estimate of drug-likeness (QED) is 0.0347. The van der Waals surface area contributed by atoms with Crippen LogP contribution in [0.1, 0.15) is 278 Å². The minimum Gasteiger partial charge on any atom is -0.462 e. The highest BCUT2D eigenvalue weighted by molar-refractivity contribution is 5.71. The van der Waals surface area contributed by atoms with Crippen LogP contribution in [0.15, 0.2) is 0 Å². The predicted molar refractivity (Wildman–Crippen MR) is 238 cm³/mol. The molecule has 0 saturated carbocycles. The maximum atomic E-state index is 12.7. The molecule has 0 aromatic carbocycles. The van der Waals surface area contributed by atoms with Gasteiger partial charge in [-0.2, -0.15) is 0 Å². The van der Waals surface area contributed by atoms with Gasteiger partial charge in [0.05, 0.1) is 0 Å². The average Bonchev–Trinajstić information content (AvgIpc) is 3.19. The number of esters is 3. The van der Waals surface area contributed by atoms with E-state index in [1.54, 1.807) is 0 Å². The van der Waals surface area contributed by atoms with Crippen molar-refractivity contribution < 1.29 is 28.6 Å². The fourth-order valence-corrected chi connectivity index (χ4v) is 7.48. The smallest absolute Gasteiger partial charge is 0.306 e. The summed E-state index contributed by atoms with van der Waals surface area (Å²) < 4.78 is 16.7. The molecule has 1 unspecified atom stereocenters. The van der Waals surface area contributed by atoms with Gasteiger partial charge in [0.25, 0.3) is 0 Å². The lowest BCUT2D eigenvalue weighted by molar-refractivity contribution is -0.167. The molecule has 2 atom stereocenters. The van der Waals surface area contributed by atoms with E-state index >= 15 is 0 Å². The van der Waals surface area contributed by atoms with Crippen molar-refractivity contribution in [3.8, 4) is 0 Å². The van der Waals surface area contributed by atoms with E-state index in [-0.39, 0.29) is 31.1 Å². The van der Waals surface area contributed by atoms with E-state index in [4.69, 9.17) is 14.2 Å². The Bertz CT molecular complexity index is 843. The third-order valence-electron chi connectivity index (χ3n) is 11.7. The zero-order valence-corrected chi connectivity index (χ0v) is 38.1. The van der Waals surface area contributed by atoms with Gasteiger partial charge in [0.15, 0.2) is 6.10 Å². The standard InChI is InChI=1S/C50H96O6/c1-5-8-10-12-14-15-16-17-18-19-20-21-22-27-31-35-39-43-50(53)56-47(44-54-48(51)41-37-33-28-13-11-9-6-2)45-55-49(52)42-38-34-30-26-24-23-25-29-32-36-40-46(4)7-3/h46-47H,5-45H2,1-4H3/t46?,47-/m0/s1. The average molecular weight is 793 g/mol. The van der Waals surface area contributed by atoms with E-state index in [0.29, 0.717) is 19.3 Å². The Labute approximate surface area is 348 Å². The Kier molecular flexibility index (Phi) is 43.2. The molecule has 6 heteroatoms. The van der Waals surface area contributed by atoms with Gasteiger partial charge in [-0.1, -0.05) is 240 Å². The SMILES string of the molecule is CCCCCCCCCCCCCCCCCCCC(=O)O[C@@H](COC(=O)CCCCCCCCC)COC(=O)CCCCCCCCCCCCC(C)CC. The van der Waals surface area contributed by atoms with Crippen molar-refractivity contribution in [2.75, 3.05) is 13.2 Å². The molecule has 0 rings (SSSR count). The van der Waals surface area contributed by atoms with E-state index in [9.17, 15) is 14.4 Å². The van der Waals surface area contributed by atoms with Crippen LogP contribution in [-0.4, -0.2) is 37.2 Å². The summed E-state index contributed by atoms with van der Waals surface area (Å²) in [7, 11) is 0. The Balaban J connectivity index is 4.22. The number of hydrogen-bond acceptors (Lipinski definition) is 6. The first kappa shape index (κ1) is 54.4. The lowest BCUT2D eigenvalue weighted by atomic mass is 9.99. The van der Waals surface area contributed by atoms with Crippen LogP contribution in [0, 0.1) is 5.92 Å². The van der Waals surface area contributed by atoms with Gasteiger partial charge in [0, 0.05) is 19.3 Å². The highest BCUT2D eigenvalue weighted by atomic mass is 16.6. The normalized spacial score (nSPS) is 12.4. The number of ether oxygens (including phenoxy) is 3. The summed E-state index contributed by atoms with van der Waals surface area (Å²) in [6, 6.07) is 0. The van der Waals surface area contributed by atoms with Crippen LogP contribution in [0.2, 0.25) is 0 Å². The first-order valence-electron chi connectivity index (χ1n) is 24.9. The van der Waals surface area contributed by atoms with Crippen LogP contribution in [0.3, 0.4) is 0 Å². The summed E-state index contributed by atoms with van der Waals surface area (Å²) >= 11 is 0. The summed E-state index contributed by atoms with van der Waals surface area (Å²) in [6.07, 6.45) is 45.2. The molecule has 0 saturated heterocycles. The molecule has 56 heavy (non-hydrogen) atoms. The third-order valence-corrected chi connectivity index (χ3v) is 11.7. The third kappa shape index (κ3) is 42.0. The van der Waals surface area contributed by atoms with E-state index in [2.05, 4.69) is 27.7 Å². The maximum absolute atomic E-state index is 12.7. The highest BCUT2D eigenvalue weighted by Crippen LogP contribution is 2.17. The molecule has 0 spiro atoms. The van der Waals surface area contributed by atoms with E-state index in [1.165, 1.54) is 173 Å². The van der Waals surface area contributed by atoms with E-state index < -0.39 is 6.10 Å². The molecule has 0 fully saturated rings. The van der Waals surface area contributed by atoms with Gasteiger partial charge < -0.3 is 14.2 Å². The largest absolute Gasteiger partial charge is 0.462 e. The lowest BCUT2D eigenvalue weighted by Crippen LogP contribution is -2.30. The number of unbranched alkanes of at least 4 members (excludes halogenated alkanes) is 31. The van der Waals surface area contributed by atoms with Crippen molar-refractivity contribution in [3.63, 3.8) is 0 Å². The van der Waals surface area contributed by atoms with E-state index in [0.717, 1.165) is 63.7 Å². The number of carbonyl (C=O) groups excluding carboxylic acids is 3. The Hall–Kier alpha value is -1.59. The monoisotopic (exact) mass is 793 g/mol. The van der Waals surface area contributed by atoms with Gasteiger partial charge in [-0.3, -0.25) is 14.4 Å². The second-order valence-corrected chi connectivity index (χ2v) is 17.3. The van der Waals surface area contributed by atoms with Crippen LogP contribution >= 0.6 is 0 Å². The van der Waals surface area contributed by atoms with Crippen LogP contribution in [0.5, 0.6) is 0 Å². The highest BCUT2D eigenvalue weighted by Gasteiger charge is 2.19. The zero-order valence-electron chi connectivity index (χ0n) is 38.1. The second-order valence-electron chi connectivity index (χ2n) is 17.3. The fraction of sp³-hybridized carbons (Fsp3) is 0.940. The predicted octanol–water partition coefficient (Wildman–Crippen LogP) is 15.9.